The third-order valence-corrected chi connectivity index (χ3v) is 5.19. The number of amides is 3. The molecule has 0 N–H and O–H groups in total. The third kappa shape index (κ3) is 6.48. The molecule has 2 rings (SSSR count). The van der Waals surface area contributed by atoms with Crippen LogP contribution < -0.4 is 4.90 Å². The lowest BCUT2D eigenvalue weighted by molar-refractivity contribution is -0.0328. The fourth-order valence-electron chi connectivity index (χ4n) is 2.57. The van der Waals surface area contributed by atoms with Gasteiger partial charge in [-0.25, -0.2) is 14.1 Å². The lowest BCUT2D eigenvalue weighted by atomic mass is 10.2. The van der Waals surface area contributed by atoms with Crippen molar-refractivity contribution in [3.63, 3.8) is 0 Å². The number of imide groups is 1. The van der Waals surface area contributed by atoms with Crippen LogP contribution in [-0.4, -0.2) is 50.0 Å². The molecular formula is C19H16Cl2F4N2O4S. The van der Waals surface area contributed by atoms with Crippen LogP contribution in [0.2, 0.25) is 10.0 Å². The zero-order chi connectivity index (χ0) is 24.1. The summed E-state index contributed by atoms with van der Waals surface area (Å²) in [5.74, 6) is -2.07. The van der Waals surface area contributed by atoms with E-state index in [9.17, 15) is 27.2 Å². The molecule has 32 heavy (non-hydrogen) atoms. The van der Waals surface area contributed by atoms with E-state index in [1.807, 2.05) is 0 Å². The van der Waals surface area contributed by atoms with Crippen LogP contribution in [0.4, 0.5) is 28.0 Å². The lowest BCUT2D eigenvalue weighted by Gasteiger charge is -2.29. The SMILES string of the molecule is COCN(C(=O)c1c(Cl)cccc1Cl)C(=O)N(COC)c1ccc(SC(F)(F)F)cc1F. The van der Waals surface area contributed by atoms with Crippen molar-refractivity contribution >= 4 is 52.6 Å². The van der Waals surface area contributed by atoms with Gasteiger partial charge in [0.05, 0.1) is 21.3 Å². The molecule has 0 bridgehead atoms. The Kier molecular flexibility index (Phi) is 9.17. The number of alkyl halides is 3. The summed E-state index contributed by atoms with van der Waals surface area (Å²) >= 11 is 11.6. The Hall–Kier alpha value is -2.05. The Bertz CT molecular complexity index is 974. The third-order valence-electron chi connectivity index (χ3n) is 3.84. The molecule has 0 heterocycles. The summed E-state index contributed by atoms with van der Waals surface area (Å²) in [6.45, 7) is -1.08. The molecule has 0 saturated carbocycles. The van der Waals surface area contributed by atoms with Gasteiger partial charge in [0.2, 0.25) is 0 Å². The van der Waals surface area contributed by atoms with Crippen LogP contribution in [0.1, 0.15) is 10.4 Å². The minimum Gasteiger partial charge on any atom is -0.364 e. The quantitative estimate of drug-likeness (QED) is 0.257. The van der Waals surface area contributed by atoms with Gasteiger partial charge in [-0.1, -0.05) is 29.3 Å². The van der Waals surface area contributed by atoms with E-state index in [1.165, 1.54) is 32.4 Å². The molecule has 0 spiro atoms. The van der Waals surface area contributed by atoms with Crippen LogP contribution in [0.5, 0.6) is 0 Å². The first-order valence-electron chi connectivity index (χ1n) is 8.60. The van der Waals surface area contributed by atoms with Crippen molar-refractivity contribution in [3.8, 4) is 0 Å². The highest BCUT2D eigenvalue weighted by Crippen LogP contribution is 2.38. The van der Waals surface area contributed by atoms with Crippen LogP contribution in [0, 0.1) is 5.82 Å². The van der Waals surface area contributed by atoms with Gasteiger partial charge in [-0.3, -0.25) is 9.69 Å². The van der Waals surface area contributed by atoms with E-state index in [2.05, 4.69) is 0 Å². The zero-order valence-electron chi connectivity index (χ0n) is 16.6. The second kappa shape index (κ2) is 11.2. The first kappa shape index (κ1) is 26.2. The molecule has 0 aliphatic heterocycles. The Morgan fingerprint density at radius 3 is 2.12 bits per heavy atom. The number of methoxy groups -OCH3 is 2. The topological polar surface area (TPSA) is 59.1 Å². The normalized spacial score (nSPS) is 11.4. The fourth-order valence-corrected chi connectivity index (χ4v) is 3.70. The van der Waals surface area contributed by atoms with Crippen LogP contribution in [0.3, 0.4) is 0 Å². The van der Waals surface area contributed by atoms with Crippen LogP contribution in [0.15, 0.2) is 41.3 Å². The summed E-state index contributed by atoms with van der Waals surface area (Å²) in [7, 11) is 2.42. The molecule has 0 atom stereocenters. The summed E-state index contributed by atoms with van der Waals surface area (Å²) in [6.07, 6.45) is 0. The van der Waals surface area contributed by atoms with Gasteiger partial charge < -0.3 is 9.47 Å². The minimum atomic E-state index is -4.62. The maximum atomic E-state index is 14.7. The van der Waals surface area contributed by atoms with Gasteiger partial charge in [0.1, 0.15) is 19.3 Å². The van der Waals surface area contributed by atoms with E-state index in [-0.39, 0.29) is 15.6 Å². The van der Waals surface area contributed by atoms with Gasteiger partial charge in [0.25, 0.3) is 5.91 Å². The second-order valence-electron chi connectivity index (χ2n) is 6.04. The standard InChI is InChI=1S/C19H16Cl2F4N2O4S/c1-30-9-26(15-7-6-11(8-14(15)22)32-19(23,24)25)18(29)27(10-31-2)17(28)16-12(20)4-3-5-13(16)21/h3-8H,9-10H2,1-2H3. The molecule has 0 aliphatic carbocycles. The van der Waals surface area contributed by atoms with Crippen LogP contribution in [-0.2, 0) is 9.47 Å². The highest BCUT2D eigenvalue weighted by molar-refractivity contribution is 8.00. The number of anilines is 1. The first-order valence-corrected chi connectivity index (χ1v) is 10.2. The molecule has 2 aromatic carbocycles. The largest absolute Gasteiger partial charge is 0.446 e. The van der Waals surface area contributed by atoms with Crippen molar-refractivity contribution in [2.24, 2.45) is 0 Å². The van der Waals surface area contributed by atoms with Crippen LogP contribution in [0.25, 0.3) is 0 Å². The molecule has 6 nitrogen and oxygen atoms in total. The Balaban J connectivity index is 2.44. The van der Waals surface area contributed by atoms with E-state index >= 15 is 0 Å². The van der Waals surface area contributed by atoms with E-state index in [0.717, 1.165) is 17.0 Å². The maximum absolute atomic E-state index is 14.7. The van der Waals surface area contributed by atoms with Gasteiger partial charge in [-0.05, 0) is 42.1 Å². The van der Waals surface area contributed by atoms with Crippen molar-refractivity contribution < 1.29 is 36.6 Å². The molecule has 0 fully saturated rings. The number of hydrogen-bond acceptors (Lipinski definition) is 5. The van der Waals surface area contributed by atoms with Crippen molar-refractivity contribution in [3.05, 3.63) is 57.8 Å². The van der Waals surface area contributed by atoms with E-state index in [4.69, 9.17) is 32.7 Å². The number of rotatable bonds is 7. The smallest absolute Gasteiger partial charge is 0.364 e. The summed E-state index contributed by atoms with van der Waals surface area (Å²) < 4.78 is 62.2. The van der Waals surface area contributed by atoms with Gasteiger partial charge in [-0.2, -0.15) is 13.2 Å². The predicted molar refractivity (Wildman–Crippen MR) is 113 cm³/mol. The molecule has 2 aromatic rings. The van der Waals surface area contributed by atoms with Crippen molar-refractivity contribution in [2.45, 2.75) is 10.4 Å². The summed E-state index contributed by atoms with van der Waals surface area (Å²) in [5.41, 5.74) is -5.22. The monoisotopic (exact) mass is 514 g/mol. The van der Waals surface area contributed by atoms with E-state index in [1.54, 1.807) is 0 Å². The number of ether oxygens (including phenoxy) is 2. The molecule has 0 unspecified atom stereocenters. The molecule has 0 aromatic heterocycles. The molecule has 13 heteroatoms. The molecule has 0 saturated heterocycles. The van der Waals surface area contributed by atoms with E-state index in [0.29, 0.717) is 11.0 Å². The number of carbonyl (C=O) groups is 2. The summed E-state index contributed by atoms with van der Waals surface area (Å²) in [5, 5.41) is -0.0659. The first-order chi connectivity index (χ1) is 15.0. The number of benzene rings is 2. The van der Waals surface area contributed by atoms with Crippen molar-refractivity contribution in [1.29, 1.82) is 0 Å². The number of thioether (sulfide) groups is 1. The zero-order valence-corrected chi connectivity index (χ0v) is 18.9. The maximum Gasteiger partial charge on any atom is 0.446 e. The number of hydrogen-bond donors (Lipinski definition) is 0. The average molecular weight is 515 g/mol. The Morgan fingerprint density at radius 1 is 1.03 bits per heavy atom. The molecular weight excluding hydrogens is 499 g/mol. The molecule has 0 aliphatic rings. The van der Waals surface area contributed by atoms with Gasteiger partial charge in [0.15, 0.2) is 0 Å². The molecule has 3 amide bonds. The van der Waals surface area contributed by atoms with Crippen LogP contribution >= 0.6 is 35.0 Å². The second-order valence-corrected chi connectivity index (χ2v) is 7.99. The van der Waals surface area contributed by atoms with Gasteiger partial charge >= 0.3 is 11.5 Å². The lowest BCUT2D eigenvalue weighted by Crippen LogP contribution is -2.48. The number of urea groups is 1. The molecule has 174 valence electrons. The summed E-state index contributed by atoms with van der Waals surface area (Å²) in [6, 6.07) is 5.77. The van der Waals surface area contributed by atoms with Gasteiger partial charge in [-0.15, -0.1) is 0 Å². The number of carbonyl (C=O) groups excluding carboxylic acids is 2. The number of halogens is 6. The highest BCUT2D eigenvalue weighted by atomic mass is 35.5. The van der Waals surface area contributed by atoms with Crippen molar-refractivity contribution in [2.75, 3.05) is 32.6 Å². The van der Waals surface area contributed by atoms with Gasteiger partial charge in [0, 0.05) is 19.1 Å². The molecule has 0 radical (unpaired) electrons. The Morgan fingerprint density at radius 2 is 1.62 bits per heavy atom. The summed E-state index contributed by atoms with van der Waals surface area (Å²) in [4.78, 5) is 27.1. The fraction of sp³-hybridized carbons (Fsp3) is 0.263. The van der Waals surface area contributed by atoms with Crippen molar-refractivity contribution in [1.82, 2.24) is 4.90 Å². The highest BCUT2D eigenvalue weighted by Gasteiger charge is 2.33. The predicted octanol–water partition coefficient (Wildman–Crippen LogP) is 6.02. The number of nitrogens with zero attached hydrogens (tertiary/aromatic N) is 2. The Labute approximate surface area is 195 Å². The minimum absolute atomic E-state index is 0.0330. The van der Waals surface area contributed by atoms with E-state index < -0.39 is 59.1 Å². The average Bonchev–Trinajstić information content (AvgIpc) is 2.69.